The number of hydrogen-bond donors (Lipinski definition) is 0. The first-order valence-electron chi connectivity index (χ1n) is 8.07. The molecule has 0 aliphatic heterocycles. The van der Waals surface area contributed by atoms with Crippen LogP contribution in [0.4, 0.5) is 0 Å². The minimum absolute atomic E-state index is 0.0291. The standard InChI is InChI=1S/C21H26O/c1-4-5-9-15-21(2,3)19-13-10-14-20(16-19)22-17-18-11-7-6-8-12-18/h6-16H,4-5,17H2,1-3H3. The number of unbranched alkanes of at least 4 members (excludes halogenated alkanes) is 1. The van der Waals surface area contributed by atoms with Crippen LogP contribution in [0.2, 0.25) is 0 Å². The molecule has 0 bridgehead atoms. The van der Waals surface area contributed by atoms with Crippen LogP contribution in [0.5, 0.6) is 5.75 Å². The molecule has 0 aromatic heterocycles. The van der Waals surface area contributed by atoms with Crippen LogP contribution in [0.15, 0.2) is 66.7 Å². The number of benzene rings is 2. The molecule has 2 rings (SSSR count). The number of hydrogen-bond acceptors (Lipinski definition) is 1. The van der Waals surface area contributed by atoms with Gasteiger partial charge in [0, 0.05) is 5.41 Å². The molecule has 1 nitrogen and oxygen atoms in total. The highest BCUT2D eigenvalue weighted by Gasteiger charge is 2.17. The van der Waals surface area contributed by atoms with Gasteiger partial charge < -0.3 is 4.74 Å². The molecule has 0 amide bonds. The van der Waals surface area contributed by atoms with Gasteiger partial charge in [-0.05, 0) is 29.7 Å². The summed E-state index contributed by atoms with van der Waals surface area (Å²) in [7, 11) is 0. The van der Waals surface area contributed by atoms with Gasteiger partial charge in [0.15, 0.2) is 0 Å². The zero-order valence-electron chi connectivity index (χ0n) is 13.9. The summed E-state index contributed by atoms with van der Waals surface area (Å²) in [4.78, 5) is 0. The molecule has 116 valence electrons. The Bertz CT molecular complexity index is 596. The number of allylic oxidation sites excluding steroid dienone is 2. The van der Waals surface area contributed by atoms with Gasteiger partial charge in [-0.15, -0.1) is 0 Å². The van der Waals surface area contributed by atoms with Gasteiger partial charge in [-0.2, -0.15) is 0 Å². The van der Waals surface area contributed by atoms with Crippen molar-refractivity contribution in [1.29, 1.82) is 0 Å². The molecule has 0 fully saturated rings. The Morgan fingerprint density at radius 3 is 2.50 bits per heavy atom. The zero-order chi connectivity index (χ0) is 15.8. The third-order valence-electron chi connectivity index (χ3n) is 3.82. The van der Waals surface area contributed by atoms with E-state index < -0.39 is 0 Å². The molecule has 0 saturated heterocycles. The molecule has 2 aromatic carbocycles. The molecule has 0 spiro atoms. The molecule has 22 heavy (non-hydrogen) atoms. The quantitative estimate of drug-likeness (QED) is 0.578. The average Bonchev–Trinajstić information content (AvgIpc) is 2.54. The molecular formula is C21H26O. The summed E-state index contributed by atoms with van der Waals surface area (Å²) in [5.74, 6) is 0.929. The van der Waals surface area contributed by atoms with Gasteiger partial charge in [-0.1, -0.05) is 81.8 Å². The normalized spacial score (nSPS) is 11.8. The molecular weight excluding hydrogens is 268 g/mol. The highest BCUT2D eigenvalue weighted by Crippen LogP contribution is 2.28. The van der Waals surface area contributed by atoms with E-state index in [0.29, 0.717) is 6.61 Å². The molecule has 0 saturated carbocycles. The third kappa shape index (κ3) is 4.77. The first-order valence-corrected chi connectivity index (χ1v) is 8.07. The zero-order valence-corrected chi connectivity index (χ0v) is 13.9. The van der Waals surface area contributed by atoms with Gasteiger partial charge in [0.05, 0.1) is 0 Å². The first kappa shape index (κ1) is 16.4. The largest absolute Gasteiger partial charge is 0.489 e. The topological polar surface area (TPSA) is 9.23 Å². The van der Waals surface area contributed by atoms with E-state index in [1.807, 2.05) is 24.3 Å². The number of ether oxygens (including phenoxy) is 1. The molecule has 0 unspecified atom stereocenters. The second kappa shape index (κ2) is 7.84. The van der Waals surface area contributed by atoms with E-state index in [2.05, 4.69) is 63.3 Å². The Balaban J connectivity index is 2.06. The van der Waals surface area contributed by atoms with Crippen LogP contribution < -0.4 is 4.74 Å². The van der Waals surface area contributed by atoms with Gasteiger partial charge in [-0.25, -0.2) is 0 Å². The Kier molecular flexibility index (Phi) is 5.83. The van der Waals surface area contributed by atoms with Crippen LogP contribution in [-0.4, -0.2) is 0 Å². The lowest BCUT2D eigenvalue weighted by Crippen LogP contribution is -2.13. The lowest BCUT2D eigenvalue weighted by atomic mass is 9.84. The molecule has 0 aliphatic rings. The van der Waals surface area contributed by atoms with E-state index in [1.165, 1.54) is 17.5 Å². The fourth-order valence-electron chi connectivity index (χ4n) is 2.37. The fraction of sp³-hybridized carbons (Fsp3) is 0.333. The molecule has 2 aromatic rings. The maximum atomic E-state index is 5.93. The van der Waals surface area contributed by atoms with Crippen molar-refractivity contribution in [3.05, 3.63) is 77.9 Å². The van der Waals surface area contributed by atoms with Crippen LogP contribution in [0.25, 0.3) is 0 Å². The van der Waals surface area contributed by atoms with Crippen molar-refractivity contribution < 1.29 is 4.74 Å². The Hall–Kier alpha value is -2.02. The van der Waals surface area contributed by atoms with E-state index in [0.717, 1.165) is 12.2 Å². The highest BCUT2D eigenvalue weighted by molar-refractivity contribution is 5.36. The molecule has 0 aliphatic carbocycles. The van der Waals surface area contributed by atoms with Crippen LogP contribution in [0.3, 0.4) is 0 Å². The van der Waals surface area contributed by atoms with Crippen LogP contribution in [0, 0.1) is 0 Å². The second-order valence-electron chi connectivity index (χ2n) is 6.21. The van der Waals surface area contributed by atoms with E-state index in [4.69, 9.17) is 4.74 Å². The predicted molar refractivity (Wildman–Crippen MR) is 94.3 cm³/mol. The van der Waals surface area contributed by atoms with Crippen LogP contribution >= 0.6 is 0 Å². The summed E-state index contributed by atoms with van der Waals surface area (Å²) < 4.78 is 5.93. The first-order chi connectivity index (χ1) is 10.6. The van der Waals surface area contributed by atoms with Crippen LogP contribution in [-0.2, 0) is 12.0 Å². The SMILES string of the molecule is CCCC=CC(C)(C)c1cccc(OCc2ccccc2)c1. The predicted octanol–water partition coefficient (Wildman–Crippen LogP) is 5.90. The van der Waals surface area contributed by atoms with Crippen molar-refractivity contribution in [2.45, 2.75) is 45.6 Å². The maximum Gasteiger partial charge on any atom is 0.120 e. The lowest BCUT2D eigenvalue weighted by molar-refractivity contribution is 0.305. The second-order valence-corrected chi connectivity index (χ2v) is 6.21. The Morgan fingerprint density at radius 1 is 1.00 bits per heavy atom. The molecule has 0 atom stereocenters. The molecule has 0 N–H and O–H groups in total. The summed E-state index contributed by atoms with van der Waals surface area (Å²) >= 11 is 0. The van der Waals surface area contributed by atoms with Crippen molar-refractivity contribution in [3.63, 3.8) is 0 Å². The average molecular weight is 294 g/mol. The summed E-state index contributed by atoms with van der Waals surface area (Å²) in [6.45, 7) is 7.30. The van der Waals surface area contributed by atoms with Gasteiger partial charge in [0.25, 0.3) is 0 Å². The highest BCUT2D eigenvalue weighted by atomic mass is 16.5. The van der Waals surface area contributed by atoms with Crippen molar-refractivity contribution in [2.75, 3.05) is 0 Å². The fourth-order valence-corrected chi connectivity index (χ4v) is 2.37. The summed E-state index contributed by atoms with van der Waals surface area (Å²) in [5.41, 5.74) is 2.50. The monoisotopic (exact) mass is 294 g/mol. The molecule has 0 heterocycles. The molecule has 0 radical (unpaired) electrons. The van der Waals surface area contributed by atoms with Crippen molar-refractivity contribution >= 4 is 0 Å². The van der Waals surface area contributed by atoms with Crippen molar-refractivity contribution in [1.82, 2.24) is 0 Å². The summed E-state index contributed by atoms with van der Waals surface area (Å²) in [5, 5.41) is 0. The van der Waals surface area contributed by atoms with Crippen LogP contribution in [0.1, 0.15) is 44.7 Å². The Labute approximate surface area is 134 Å². The van der Waals surface area contributed by atoms with E-state index in [-0.39, 0.29) is 5.41 Å². The van der Waals surface area contributed by atoms with Gasteiger partial charge >= 0.3 is 0 Å². The van der Waals surface area contributed by atoms with Crippen molar-refractivity contribution in [2.24, 2.45) is 0 Å². The minimum atomic E-state index is 0.0291. The lowest BCUT2D eigenvalue weighted by Gasteiger charge is -2.22. The van der Waals surface area contributed by atoms with Crippen molar-refractivity contribution in [3.8, 4) is 5.75 Å². The Morgan fingerprint density at radius 2 is 1.77 bits per heavy atom. The smallest absolute Gasteiger partial charge is 0.120 e. The minimum Gasteiger partial charge on any atom is -0.489 e. The molecule has 1 heteroatoms. The summed E-state index contributed by atoms with van der Waals surface area (Å²) in [6.07, 6.45) is 6.89. The van der Waals surface area contributed by atoms with E-state index >= 15 is 0 Å². The van der Waals surface area contributed by atoms with E-state index in [9.17, 15) is 0 Å². The maximum absolute atomic E-state index is 5.93. The summed E-state index contributed by atoms with van der Waals surface area (Å²) in [6, 6.07) is 18.7. The van der Waals surface area contributed by atoms with E-state index in [1.54, 1.807) is 0 Å². The van der Waals surface area contributed by atoms with Gasteiger partial charge in [0.2, 0.25) is 0 Å². The third-order valence-corrected chi connectivity index (χ3v) is 3.82. The van der Waals surface area contributed by atoms with Gasteiger partial charge in [-0.3, -0.25) is 0 Å². The number of rotatable bonds is 7. The van der Waals surface area contributed by atoms with Gasteiger partial charge in [0.1, 0.15) is 12.4 Å².